The Kier molecular flexibility index (Phi) is 6.20. The number of benzene rings is 1. The van der Waals surface area contributed by atoms with E-state index < -0.39 is 5.66 Å². The van der Waals surface area contributed by atoms with Gasteiger partial charge in [-0.3, -0.25) is 14.6 Å². The van der Waals surface area contributed by atoms with Gasteiger partial charge in [0.15, 0.2) is 0 Å². The Hall–Kier alpha value is -1.88. The van der Waals surface area contributed by atoms with Gasteiger partial charge in [-0.2, -0.15) is 0 Å². The minimum absolute atomic E-state index is 0.0630. The van der Waals surface area contributed by atoms with E-state index in [0.717, 1.165) is 50.5 Å². The van der Waals surface area contributed by atoms with Gasteiger partial charge in [-0.25, -0.2) is 0 Å². The Labute approximate surface area is 166 Å². The maximum atomic E-state index is 13.2. The zero-order valence-electron chi connectivity index (χ0n) is 16.1. The summed E-state index contributed by atoms with van der Waals surface area (Å²) in [5.41, 5.74) is 0.634. The van der Waals surface area contributed by atoms with E-state index in [2.05, 4.69) is 12.2 Å². The summed E-state index contributed by atoms with van der Waals surface area (Å²) in [6, 6.07) is 7.29. The fourth-order valence-corrected chi connectivity index (χ4v) is 4.24. The van der Waals surface area contributed by atoms with Gasteiger partial charge in [-0.05, 0) is 51.2 Å². The molecule has 27 heavy (non-hydrogen) atoms. The smallest absolute Gasteiger partial charge is 0.275 e. The maximum absolute atomic E-state index is 13.2. The number of carbonyl (C=O) groups excluding carboxylic acids is 2. The number of rotatable bonds is 6. The van der Waals surface area contributed by atoms with Crippen molar-refractivity contribution in [3.8, 4) is 0 Å². The molecule has 2 amide bonds. The van der Waals surface area contributed by atoms with Gasteiger partial charge in [0.05, 0.1) is 0 Å². The molecule has 1 unspecified atom stereocenters. The fraction of sp³-hybridized carbons (Fsp3) is 0.571. The highest BCUT2D eigenvalue weighted by Gasteiger charge is 2.48. The molecule has 0 saturated heterocycles. The number of nitrogens with one attached hydrogen (secondary N) is 1. The van der Waals surface area contributed by atoms with Crippen LogP contribution in [0.25, 0.3) is 0 Å². The molecule has 2 aliphatic rings. The Balaban J connectivity index is 1.83. The number of nitrogens with zero attached hydrogens (tertiary/aromatic N) is 2. The third-order valence-electron chi connectivity index (χ3n) is 5.47. The van der Waals surface area contributed by atoms with Crippen LogP contribution < -0.4 is 5.32 Å². The van der Waals surface area contributed by atoms with E-state index in [1.165, 1.54) is 0 Å². The second-order valence-corrected chi connectivity index (χ2v) is 8.10. The lowest BCUT2D eigenvalue weighted by molar-refractivity contribution is -0.136. The van der Waals surface area contributed by atoms with Gasteiger partial charge in [0.2, 0.25) is 5.91 Å². The van der Waals surface area contributed by atoms with Gasteiger partial charge in [0.25, 0.3) is 5.91 Å². The normalized spacial score (nSPS) is 19.9. The zero-order chi connectivity index (χ0) is 19.4. The van der Waals surface area contributed by atoms with Crippen LogP contribution in [0.2, 0.25) is 5.02 Å². The van der Waals surface area contributed by atoms with Crippen molar-refractivity contribution in [2.45, 2.75) is 70.5 Å². The molecular weight excluding hydrogens is 362 g/mol. The van der Waals surface area contributed by atoms with Gasteiger partial charge in [-0.1, -0.05) is 43.5 Å². The van der Waals surface area contributed by atoms with E-state index in [-0.39, 0.29) is 24.4 Å². The molecule has 1 spiro atoms. The summed E-state index contributed by atoms with van der Waals surface area (Å²) in [4.78, 5) is 32.3. The molecule has 1 aromatic rings. The predicted octanol–water partition coefficient (Wildman–Crippen LogP) is 3.94. The van der Waals surface area contributed by atoms with Crippen molar-refractivity contribution in [1.82, 2.24) is 10.2 Å². The summed E-state index contributed by atoms with van der Waals surface area (Å²) < 4.78 is 0. The van der Waals surface area contributed by atoms with Crippen molar-refractivity contribution >= 4 is 29.1 Å². The molecule has 1 aromatic carbocycles. The zero-order valence-corrected chi connectivity index (χ0v) is 16.9. The summed E-state index contributed by atoms with van der Waals surface area (Å²) in [6.45, 7) is 4.16. The molecule has 1 saturated carbocycles. The first kappa shape index (κ1) is 19.9. The van der Waals surface area contributed by atoms with Crippen molar-refractivity contribution in [3.05, 3.63) is 34.9 Å². The first-order valence-corrected chi connectivity index (χ1v) is 10.3. The average Bonchev–Trinajstić information content (AvgIpc) is 2.89. The van der Waals surface area contributed by atoms with Crippen LogP contribution in [-0.2, 0) is 9.59 Å². The van der Waals surface area contributed by atoms with Crippen molar-refractivity contribution in [1.29, 1.82) is 0 Å². The lowest BCUT2D eigenvalue weighted by Gasteiger charge is -2.39. The van der Waals surface area contributed by atoms with Gasteiger partial charge in [0, 0.05) is 16.6 Å². The standard InChI is InChI=1S/C21H28ClN3O2/c1-3-7-15(2)23-18(26)14-25-20(27)19(16-8-10-17(22)11-9-16)24-21(25)12-5-4-6-13-21/h8-11,15H,3-7,12-14H2,1-2H3,(H,23,26). The number of halogens is 1. The quantitative estimate of drug-likeness (QED) is 0.801. The lowest BCUT2D eigenvalue weighted by atomic mass is 9.88. The molecule has 146 valence electrons. The van der Waals surface area contributed by atoms with Crippen LogP contribution in [0.1, 0.15) is 64.4 Å². The minimum atomic E-state index is -0.574. The highest BCUT2D eigenvalue weighted by molar-refractivity contribution is 6.47. The highest BCUT2D eigenvalue weighted by atomic mass is 35.5. The lowest BCUT2D eigenvalue weighted by Crippen LogP contribution is -2.52. The number of aliphatic imine (C=N–C) groups is 1. The number of hydrogen-bond donors (Lipinski definition) is 1. The van der Waals surface area contributed by atoms with Gasteiger partial charge in [0.1, 0.15) is 17.9 Å². The molecular formula is C21H28ClN3O2. The second kappa shape index (κ2) is 8.42. The van der Waals surface area contributed by atoms with E-state index in [1.54, 1.807) is 17.0 Å². The summed E-state index contributed by atoms with van der Waals surface area (Å²) in [5, 5.41) is 3.63. The molecule has 1 fully saturated rings. The van der Waals surface area contributed by atoms with Crippen LogP contribution in [0.15, 0.2) is 29.3 Å². The number of carbonyl (C=O) groups is 2. The molecule has 0 aromatic heterocycles. The van der Waals surface area contributed by atoms with Crippen LogP contribution in [0.4, 0.5) is 0 Å². The van der Waals surface area contributed by atoms with Gasteiger partial charge < -0.3 is 10.2 Å². The van der Waals surface area contributed by atoms with Crippen LogP contribution in [-0.4, -0.2) is 40.7 Å². The van der Waals surface area contributed by atoms with Gasteiger partial charge >= 0.3 is 0 Å². The topological polar surface area (TPSA) is 61.8 Å². The van der Waals surface area contributed by atoms with E-state index in [4.69, 9.17) is 16.6 Å². The molecule has 5 nitrogen and oxygen atoms in total. The third-order valence-corrected chi connectivity index (χ3v) is 5.72. The van der Waals surface area contributed by atoms with E-state index in [9.17, 15) is 9.59 Å². The maximum Gasteiger partial charge on any atom is 0.275 e. The van der Waals surface area contributed by atoms with Crippen LogP contribution in [0.5, 0.6) is 0 Å². The molecule has 1 aliphatic heterocycles. The molecule has 1 aliphatic carbocycles. The summed E-state index contributed by atoms with van der Waals surface area (Å²) in [6.07, 6.45) is 6.76. The van der Waals surface area contributed by atoms with E-state index in [0.29, 0.717) is 10.7 Å². The molecule has 1 heterocycles. The molecule has 3 rings (SSSR count). The number of amides is 2. The molecule has 1 N–H and O–H groups in total. The summed E-state index contributed by atoms with van der Waals surface area (Å²) in [7, 11) is 0. The highest BCUT2D eigenvalue weighted by Crippen LogP contribution is 2.39. The molecule has 1 atom stereocenters. The SMILES string of the molecule is CCCC(C)NC(=O)CN1C(=O)C(c2ccc(Cl)cc2)=NC12CCCCC2. The minimum Gasteiger partial charge on any atom is -0.352 e. The van der Waals surface area contributed by atoms with E-state index in [1.807, 2.05) is 19.1 Å². The Morgan fingerprint density at radius 1 is 1.26 bits per heavy atom. The van der Waals surface area contributed by atoms with Crippen LogP contribution in [0.3, 0.4) is 0 Å². The third kappa shape index (κ3) is 4.34. The first-order valence-electron chi connectivity index (χ1n) is 9.92. The Morgan fingerprint density at radius 2 is 1.93 bits per heavy atom. The summed E-state index contributed by atoms with van der Waals surface area (Å²) in [5.74, 6) is -0.265. The van der Waals surface area contributed by atoms with Gasteiger partial charge in [-0.15, -0.1) is 0 Å². The molecule has 0 bridgehead atoms. The molecule has 0 radical (unpaired) electrons. The monoisotopic (exact) mass is 389 g/mol. The van der Waals surface area contributed by atoms with Crippen LogP contribution >= 0.6 is 11.6 Å². The van der Waals surface area contributed by atoms with E-state index >= 15 is 0 Å². The predicted molar refractivity (Wildman–Crippen MR) is 108 cm³/mol. The molecule has 6 heteroatoms. The second-order valence-electron chi connectivity index (χ2n) is 7.66. The largest absolute Gasteiger partial charge is 0.352 e. The fourth-order valence-electron chi connectivity index (χ4n) is 4.12. The van der Waals surface area contributed by atoms with Crippen molar-refractivity contribution in [2.24, 2.45) is 4.99 Å². The Bertz CT molecular complexity index is 723. The average molecular weight is 390 g/mol. The first-order chi connectivity index (χ1) is 12.9. The van der Waals surface area contributed by atoms with Crippen molar-refractivity contribution in [2.75, 3.05) is 6.54 Å². The number of hydrogen-bond acceptors (Lipinski definition) is 3. The Morgan fingerprint density at radius 3 is 2.56 bits per heavy atom. The van der Waals surface area contributed by atoms with Crippen LogP contribution in [0, 0.1) is 0 Å². The van der Waals surface area contributed by atoms with Crippen molar-refractivity contribution in [3.63, 3.8) is 0 Å². The summed E-state index contributed by atoms with van der Waals surface area (Å²) >= 11 is 5.98. The van der Waals surface area contributed by atoms with Crippen molar-refractivity contribution < 1.29 is 9.59 Å².